The van der Waals surface area contributed by atoms with E-state index in [1.807, 2.05) is 42.5 Å². The molecule has 0 saturated carbocycles. The minimum atomic E-state index is -0.577. The average molecular weight is 353 g/mol. The second kappa shape index (κ2) is 6.93. The molecular formula is C18H19N5O3. The molecule has 0 spiro atoms. The Morgan fingerprint density at radius 1 is 1.15 bits per heavy atom. The van der Waals surface area contributed by atoms with E-state index in [1.165, 1.54) is 7.11 Å². The van der Waals surface area contributed by atoms with E-state index in [9.17, 15) is 4.79 Å². The van der Waals surface area contributed by atoms with Gasteiger partial charge in [-0.2, -0.15) is 0 Å². The van der Waals surface area contributed by atoms with Crippen molar-refractivity contribution in [3.63, 3.8) is 0 Å². The Morgan fingerprint density at radius 2 is 1.92 bits per heavy atom. The summed E-state index contributed by atoms with van der Waals surface area (Å²) < 4.78 is 10.5. The van der Waals surface area contributed by atoms with Crippen molar-refractivity contribution < 1.29 is 14.3 Å². The van der Waals surface area contributed by atoms with Crippen molar-refractivity contribution in [1.82, 2.24) is 15.3 Å². The minimum Gasteiger partial charge on any atom is -0.457 e. The summed E-state index contributed by atoms with van der Waals surface area (Å²) in [4.78, 5) is 18.5. The van der Waals surface area contributed by atoms with Crippen molar-refractivity contribution in [1.29, 1.82) is 0 Å². The lowest BCUT2D eigenvalue weighted by molar-refractivity contribution is 0.186. The van der Waals surface area contributed by atoms with Crippen LogP contribution in [0.3, 0.4) is 0 Å². The van der Waals surface area contributed by atoms with E-state index in [2.05, 4.69) is 30.7 Å². The van der Waals surface area contributed by atoms with E-state index in [0.717, 1.165) is 35.6 Å². The number of amides is 1. The second-order valence-electron chi connectivity index (χ2n) is 6.01. The lowest BCUT2D eigenvalue weighted by atomic mass is 10.1. The van der Waals surface area contributed by atoms with Gasteiger partial charge >= 0.3 is 6.09 Å². The van der Waals surface area contributed by atoms with E-state index in [4.69, 9.17) is 4.74 Å². The number of methoxy groups -OCH3 is 1. The Bertz CT molecular complexity index is 918. The molecular weight excluding hydrogens is 334 g/mol. The van der Waals surface area contributed by atoms with Crippen LogP contribution in [0.15, 0.2) is 42.5 Å². The summed E-state index contributed by atoms with van der Waals surface area (Å²) >= 11 is 0. The number of imidazole rings is 1. The fourth-order valence-electron chi connectivity index (χ4n) is 2.64. The standard InChI is InChI=1S/C18H19N5O3/c1-25-18(24)23-17-21-15-7-6-14(8-16(15)22-17)26-13-4-2-11(3-5-13)20-12-9-19-10-12/h2-8,12,19-20H,9-10H2,1H3,(H2,21,22,23,24). The highest BCUT2D eigenvalue weighted by Gasteiger charge is 2.15. The van der Waals surface area contributed by atoms with Gasteiger partial charge in [-0.25, -0.2) is 9.78 Å². The number of anilines is 2. The third kappa shape index (κ3) is 3.55. The van der Waals surface area contributed by atoms with E-state index in [-0.39, 0.29) is 0 Å². The van der Waals surface area contributed by atoms with Gasteiger partial charge in [-0.05, 0) is 36.4 Å². The first kappa shape index (κ1) is 16.2. The maximum Gasteiger partial charge on any atom is 0.413 e. The number of hydrogen-bond acceptors (Lipinski definition) is 6. The van der Waals surface area contributed by atoms with Crippen molar-refractivity contribution in [2.24, 2.45) is 0 Å². The van der Waals surface area contributed by atoms with E-state index in [1.54, 1.807) is 0 Å². The first-order valence-electron chi connectivity index (χ1n) is 8.29. The summed E-state index contributed by atoms with van der Waals surface area (Å²) in [5.41, 5.74) is 2.55. The fourth-order valence-corrected chi connectivity index (χ4v) is 2.64. The van der Waals surface area contributed by atoms with Crippen molar-refractivity contribution >= 4 is 28.8 Å². The molecule has 0 unspecified atom stereocenters. The number of ether oxygens (including phenoxy) is 2. The van der Waals surface area contributed by atoms with Crippen LogP contribution in [-0.4, -0.2) is 42.3 Å². The third-order valence-electron chi connectivity index (χ3n) is 4.10. The predicted octanol–water partition coefficient (Wildman–Crippen LogP) is 2.92. The van der Waals surface area contributed by atoms with E-state index >= 15 is 0 Å². The summed E-state index contributed by atoms with van der Waals surface area (Å²) in [7, 11) is 1.30. The molecule has 1 amide bonds. The Hall–Kier alpha value is -3.26. The summed E-state index contributed by atoms with van der Waals surface area (Å²) in [6.45, 7) is 1.99. The van der Waals surface area contributed by atoms with Gasteiger partial charge in [-0.3, -0.25) is 5.32 Å². The number of nitrogens with zero attached hydrogens (tertiary/aromatic N) is 1. The van der Waals surface area contributed by atoms with Crippen LogP contribution in [0.2, 0.25) is 0 Å². The first-order chi connectivity index (χ1) is 12.7. The summed E-state index contributed by atoms with van der Waals surface area (Å²) in [6.07, 6.45) is -0.577. The minimum absolute atomic E-state index is 0.324. The fraction of sp³-hybridized carbons (Fsp3) is 0.222. The monoisotopic (exact) mass is 353 g/mol. The lowest BCUT2D eigenvalue weighted by Crippen LogP contribution is -2.51. The molecule has 8 heteroatoms. The summed E-state index contributed by atoms with van der Waals surface area (Å²) in [5.74, 6) is 1.74. The molecule has 4 N–H and O–H groups in total. The zero-order valence-electron chi connectivity index (χ0n) is 14.2. The first-order valence-corrected chi connectivity index (χ1v) is 8.29. The van der Waals surface area contributed by atoms with Crippen LogP contribution in [0, 0.1) is 0 Å². The SMILES string of the molecule is COC(=O)Nc1nc2ccc(Oc3ccc(NC4CNC4)cc3)cc2[nH]1. The molecule has 0 bridgehead atoms. The van der Waals surface area contributed by atoms with Gasteiger partial charge < -0.3 is 25.1 Å². The highest BCUT2D eigenvalue weighted by molar-refractivity contribution is 5.86. The highest BCUT2D eigenvalue weighted by atomic mass is 16.5. The van der Waals surface area contributed by atoms with Crippen LogP contribution in [-0.2, 0) is 4.74 Å². The number of benzene rings is 2. The van der Waals surface area contributed by atoms with E-state index in [0.29, 0.717) is 17.7 Å². The zero-order valence-corrected chi connectivity index (χ0v) is 14.2. The summed E-state index contributed by atoms with van der Waals surface area (Å²) in [5, 5.41) is 9.17. The van der Waals surface area contributed by atoms with Crippen LogP contribution in [0.25, 0.3) is 11.0 Å². The molecule has 0 radical (unpaired) electrons. The van der Waals surface area contributed by atoms with Crippen molar-refractivity contribution in [3.05, 3.63) is 42.5 Å². The number of rotatable bonds is 5. The molecule has 1 fully saturated rings. The Labute approximate surface area is 149 Å². The molecule has 26 heavy (non-hydrogen) atoms. The van der Waals surface area contributed by atoms with Gasteiger partial charge in [0.1, 0.15) is 11.5 Å². The molecule has 3 aromatic rings. The topological polar surface area (TPSA) is 100 Å². The third-order valence-corrected chi connectivity index (χ3v) is 4.10. The Kier molecular flexibility index (Phi) is 4.32. The zero-order chi connectivity index (χ0) is 17.9. The molecule has 2 aromatic carbocycles. The predicted molar refractivity (Wildman–Crippen MR) is 98.9 cm³/mol. The summed E-state index contributed by atoms with van der Waals surface area (Å²) in [6, 6.07) is 13.8. The molecule has 1 aliphatic rings. The number of carbonyl (C=O) groups is 1. The van der Waals surface area contributed by atoms with Gasteiger partial charge in [0.2, 0.25) is 5.95 Å². The van der Waals surface area contributed by atoms with Gasteiger partial charge in [-0.1, -0.05) is 0 Å². The normalized spacial score (nSPS) is 13.9. The van der Waals surface area contributed by atoms with Crippen molar-refractivity contribution in [2.45, 2.75) is 6.04 Å². The lowest BCUT2D eigenvalue weighted by Gasteiger charge is -2.29. The van der Waals surface area contributed by atoms with Gasteiger partial charge in [0.05, 0.1) is 24.2 Å². The number of aromatic nitrogens is 2. The van der Waals surface area contributed by atoms with Gasteiger partial charge in [-0.15, -0.1) is 0 Å². The van der Waals surface area contributed by atoms with E-state index < -0.39 is 6.09 Å². The van der Waals surface area contributed by atoms with Gasteiger partial charge in [0.25, 0.3) is 0 Å². The van der Waals surface area contributed by atoms with Crippen molar-refractivity contribution in [3.8, 4) is 11.5 Å². The number of H-pyrrole nitrogens is 1. The number of hydrogen-bond donors (Lipinski definition) is 4. The maximum atomic E-state index is 11.3. The molecule has 134 valence electrons. The van der Waals surface area contributed by atoms with Crippen LogP contribution in [0.4, 0.5) is 16.4 Å². The van der Waals surface area contributed by atoms with Crippen LogP contribution in [0.5, 0.6) is 11.5 Å². The van der Waals surface area contributed by atoms with Gasteiger partial charge in [0, 0.05) is 24.8 Å². The molecule has 1 aliphatic heterocycles. The number of carbonyl (C=O) groups excluding carboxylic acids is 1. The molecule has 1 saturated heterocycles. The maximum absolute atomic E-state index is 11.3. The number of nitrogens with one attached hydrogen (secondary N) is 4. The second-order valence-corrected chi connectivity index (χ2v) is 6.01. The molecule has 0 atom stereocenters. The van der Waals surface area contributed by atoms with Gasteiger partial charge in [0.15, 0.2) is 0 Å². The molecule has 4 rings (SSSR count). The largest absolute Gasteiger partial charge is 0.457 e. The molecule has 1 aromatic heterocycles. The molecule has 2 heterocycles. The van der Waals surface area contributed by atoms with Crippen LogP contribution >= 0.6 is 0 Å². The van der Waals surface area contributed by atoms with Crippen LogP contribution < -0.4 is 20.7 Å². The number of fused-ring (bicyclic) bond motifs is 1. The average Bonchev–Trinajstić information content (AvgIpc) is 3.01. The smallest absolute Gasteiger partial charge is 0.413 e. The Balaban J connectivity index is 1.45. The number of aromatic amines is 1. The Morgan fingerprint density at radius 3 is 2.62 bits per heavy atom. The molecule has 8 nitrogen and oxygen atoms in total. The molecule has 0 aliphatic carbocycles. The quantitative estimate of drug-likeness (QED) is 0.563. The van der Waals surface area contributed by atoms with Crippen molar-refractivity contribution in [2.75, 3.05) is 30.8 Å². The highest BCUT2D eigenvalue weighted by Crippen LogP contribution is 2.26. The van der Waals surface area contributed by atoms with Crippen LogP contribution in [0.1, 0.15) is 0 Å².